The fourth-order valence-corrected chi connectivity index (χ4v) is 8.74. The highest BCUT2D eigenvalue weighted by Gasteiger charge is 2.77. The Morgan fingerprint density at radius 2 is 1.70 bits per heavy atom. The van der Waals surface area contributed by atoms with Crippen molar-refractivity contribution in [2.24, 2.45) is 11.8 Å². The van der Waals surface area contributed by atoms with Gasteiger partial charge in [-0.25, -0.2) is 0 Å². The Labute approximate surface area is 221 Å². The molecule has 3 N–H and O–H groups in total. The predicted octanol–water partition coefficient (Wildman–Crippen LogP) is 3.53. The lowest BCUT2D eigenvalue weighted by Crippen LogP contribution is -2.51. The van der Waals surface area contributed by atoms with Crippen LogP contribution in [-0.4, -0.2) is 63.5 Å². The number of anilines is 2. The number of aliphatic hydroxyl groups excluding tert-OH is 1. The largest absolute Gasteiger partial charge is 0.497 e. The van der Waals surface area contributed by atoms with E-state index in [0.717, 1.165) is 6.42 Å². The number of likely N-dealkylation sites (tertiary alicyclic amines) is 1. The monoisotopic (exact) mass is 523 g/mol. The van der Waals surface area contributed by atoms with Crippen LogP contribution in [0.1, 0.15) is 32.6 Å². The zero-order valence-corrected chi connectivity index (χ0v) is 21.9. The summed E-state index contributed by atoms with van der Waals surface area (Å²) in [5.41, 5.74) is 1.31. The van der Waals surface area contributed by atoms with Gasteiger partial charge in [-0.2, -0.15) is 0 Å². The summed E-state index contributed by atoms with van der Waals surface area (Å²) in [6.07, 6.45) is 2.57. The third-order valence-electron chi connectivity index (χ3n) is 8.01. The van der Waals surface area contributed by atoms with E-state index in [9.17, 15) is 19.5 Å². The SMILES string of the molecule is COc1ccc(NC(=O)C2N(CCCCO)C(=O)[C@@H]3[C@H](C(=O)Nc4ccccc4)[C@]4(C)CCC23S4)cc1. The summed E-state index contributed by atoms with van der Waals surface area (Å²) in [5.74, 6) is -1.00. The molecule has 196 valence electrons. The van der Waals surface area contributed by atoms with Crippen LogP contribution < -0.4 is 15.4 Å². The van der Waals surface area contributed by atoms with Gasteiger partial charge in [0.15, 0.2) is 0 Å². The number of methoxy groups -OCH3 is 1. The molecule has 3 saturated heterocycles. The third kappa shape index (κ3) is 4.38. The molecule has 3 fully saturated rings. The number of rotatable bonds is 9. The molecular weight excluding hydrogens is 490 g/mol. The fourth-order valence-electron chi connectivity index (χ4n) is 6.39. The van der Waals surface area contributed by atoms with Gasteiger partial charge < -0.3 is 25.4 Å². The molecule has 5 rings (SSSR count). The average molecular weight is 524 g/mol. The summed E-state index contributed by atoms with van der Waals surface area (Å²) in [6.45, 7) is 2.44. The summed E-state index contributed by atoms with van der Waals surface area (Å²) in [6, 6.07) is 15.7. The lowest BCUT2D eigenvalue weighted by molar-refractivity contribution is -0.139. The first kappa shape index (κ1) is 25.6. The minimum absolute atomic E-state index is 0.0221. The van der Waals surface area contributed by atoms with E-state index in [1.165, 1.54) is 0 Å². The van der Waals surface area contributed by atoms with Crippen molar-refractivity contribution in [3.05, 3.63) is 54.6 Å². The molecule has 2 unspecified atom stereocenters. The highest BCUT2D eigenvalue weighted by Crippen LogP contribution is 2.71. The van der Waals surface area contributed by atoms with Crippen LogP contribution in [0.25, 0.3) is 0 Å². The number of hydrogen-bond donors (Lipinski definition) is 3. The number of carbonyl (C=O) groups is 3. The van der Waals surface area contributed by atoms with Crippen LogP contribution >= 0.6 is 11.8 Å². The molecule has 3 aliphatic heterocycles. The van der Waals surface area contributed by atoms with E-state index in [1.807, 2.05) is 30.3 Å². The van der Waals surface area contributed by atoms with E-state index in [2.05, 4.69) is 17.6 Å². The van der Waals surface area contributed by atoms with Crippen molar-refractivity contribution < 1.29 is 24.2 Å². The number of benzene rings is 2. The number of nitrogens with one attached hydrogen (secondary N) is 2. The maximum Gasteiger partial charge on any atom is 0.248 e. The number of carbonyl (C=O) groups excluding carboxylic acids is 3. The van der Waals surface area contributed by atoms with Crippen LogP contribution in [0, 0.1) is 11.8 Å². The molecule has 5 atom stereocenters. The number of unbranched alkanes of at least 4 members (excludes halogenated alkanes) is 1. The topological polar surface area (TPSA) is 108 Å². The van der Waals surface area contributed by atoms with Gasteiger partial charge in [0.25, 0.3) is 0 Å². The van der Waals surface area contributed by atoms with E-state index in [0.29, 0.717) is 42.9 Å². The molecule has 0 radical (unpaired) electrons. The molecule has 8 nitrogen and oxygen atoms in total. The van der Waals surface area contributed by atoms with E-state index < -0.39 is 27.4 Å². The van der Waals surface area contributed by atoms with Gasteiger partial charge in [0.2, 0.25) is 17.7 Å². The standard InChI is InChI=1S/C28H33N3O5S/c1-27-14-15-28(37-27)22(21(27)24(33)29-18-8-4-3-5-9-18)26(35)31(16-6-7-17-32)23(28)25(34)30-19-10-12-20(36-2)13-11-19/h3-5,8-13,21-23,32H,6-7,14-17H2,1-2H3,(H,29,33)(H,30,34)/t21-,22+,23?,27+,28?/m1/s1. The quantitative estimate of drug-likeness (QED) is 0.434. The Morgan fingerprint density at radius 3 is 2.38 bits per heavy atom. The van der Waals surface area contributed by atoms with Gasteiger partial charge in [-0.15, -0.1) is 11.8 Å². The van der Waals surface area contributed by atoms with Crippen molar-refractivity contribution in [2.45, 2.75) is 48.1 Å². The van der Waals surface area contributed by atoms with Gasteiger partial charge in [-0.1, -0.05) is 18.2 Å². The van der Waals surface area contributed by atoms with Gasteiger partial charge in [-0.05, 0) is 69.0 Å². The number of amides is 3. The molecule has 0 aromatic heterocycles. The van der Waals surface area contributed by atoms with Crippen molar-refractivity contribution in [3.8, 4) is 5.75 Å². The summed E-state index contributed by atoms with van der Waals surface area (Å²) in [5, 5.41) is 15.4. The van der Waals surface area contributed by atoms with Crippen LogP contribution in [0.4, 0.5) is 11.4 Å². The second-order valence-electron chi connectivity index (χ2n) is 10.3. The van der Waals surface area contributed by atoms with Crippen molar-refractivity contribution in [1.82, 2.24) is 4.90 Å². The maximum atomic E-state index is 14.0. The number of nitrogens with zero attached hydrogens (tertiary/aromatic N) is 1. The highest BCUT2D eigenvalue weighted by atomic mass is 32.2. The zero-order valence-electron chi connectivity index (χ0n) is 21.1. The van der Waals surface area contributed by atoms with Crippen molar-refractivity contribution >= 4 is 40.9 Å². The van der Waals surface area contributed by atoms with Crippen LogP contribution in [-0.2, 0) is 14.4 Å². The molecule has 1 spiro atoms. The Balaban J connectivity index is 1.46. The number of thioether (sulfide) groups is 1. The second kappa shape index (κ2) is 10.0. The number of aliphatic hydroxyl groups is 1. The molecule has 2 aromatic rings. The minimum Gasteiger partial charge on any atom is -0.497 e. The van der Waals surface area contributed by atoms with Gasteiger partial charge in [0.1, 0.15) is 11.8 Å². The number of fused-ring (bicyclic) bond motifs is 1. The summed E-state index contributed by atoms with van der Waals surface area (Å²) >= 11 is 1.65. The average Bonchev–Trinajstić information content (AvgIpc) is 3.46. The molecule has 2 bridgehead atoms. The molecule has 2 aromatic carbocycles. The van der Waals surface area contributed by atoms with Crippen molar-refractivity contribution in [1.29, 1.82) is 0 Å². The Morgan fingerprint density at radius 1 is 1.03 bits per heavy atom. The summed E-state index contributed by atoms with van der Waals surface area (Å²) < 4.78 is 4.10. The smallest absolute Gasteiger partial charge is 0.248 e. The molecular formula is C28H33N3O5S. The van der Waals surface area contributed by atoms with E-state index in [1.54, 1.807) is 48.0 Å². The Kier molecular flexibility index (Phi) is 6.93. The maximum absolute atomic E-state index is 14.0. The number of hydrogen-bond acceptors (Lipinski definition) is 6. The van der Waals surface area contributed by atoms with Crippen LogP contribution in [0.3, 0.4) is 0 Å². The summed E-state index contributed by atoms with van der Waals surface area (Å²) in [7, 11) is 1.58. The molecule has 3 aliphatic rings. The van der Waals surface area contributed by atoms with Crippen LogP contribution in [0.15, 0.2) is 54.6 Å². The molecule has 37 heavy (non-hydrogen) atoms. The first-order chi connectivity index (χ1) is 17.8. The van der Waals surface area contributed by atoms with Crippen molar-refractivity contribution in [3.63, 3.8) is 0 Å². The van der Waals surface area contributed by atoms with Gasteiger partial charge in [0.05, 0.1) is 23.7 Å². The first-order valence-corrected chi connectivity index (χ1v) is 13.6. The number of para-hydroxylation sites is 1. The fraction of sp³-hybridized carbons (Fsp3) is 0.464. The zero-order chi connectivity index (χ0) is 26.2. The molecule has 3 amide bonds. The van der Waals surface area contributed by atoms with E-state index in [4.69, 9.17) is 4.74 Å². The summed E-state index contributed by atoms with van der Waals surface area (Å²) in [4.78, 5) is 43.2. The van der Waals surface area contributed by atoms with E-state index >= 15 is 0 Å². The Hall–Kier alpha value is -3.04. The first-order valence-electron chi connectivity index (χ1n) is 12.8. The highest BCUT2D eigenvalue weighted by molar-refractivity contribution is 8.02. The number of ether oxygens (including phenoxy) is 1. The Bertz CT molecular complexity index is 1180. The third-order valence-corrected chi connectivity index (χ3v) is 10.00. The van der Waals surface area contributed by atoms with Gasteiger partial charge in [0, 0.05) is 29.3 Å². The van der Waals surface area contributed by atoms with Gasteiger partial charge in [-0.3, -0.25) is 14.4 Å². The predicted molar refractivity (Wildman–Crippen MR) is 143 cm³/mol. The second-order valence-corrected chi connectivity index (χ2v) is 12.2. The lowest BCUT2D eigenvalue weighted by Gasteiger charge is -2.34. The molecule has 9 heteroatoms. The molecule has 3 heterocycles. The molecule has 0 aliphatic carbocycles. The van der Waals surface area contributed by atoms with E-state index in [-0.39, 0.29) is 24.3 Å². The van der Waals surface area contributed by atoms with Crippen LogP contribution in [0.5, 0.6) is 5.75 Å². The van der Waals surface area contributed by atoms with Crippen molar-refractivity contribution in [2.75, 3.05) is 30.9 Å². The lowest BCUT2D eigenvalue weighted by atomic mass is 9.66. The van der Waals surface area contributed by atoms with Gasteiger partial charge >= 0.3 is 0 Å². The normalized spacial score (nSPS) is 29.8. The minimum atomic E-state index is -0.702. The van der Waals surface area contributed by atoms with Crippen LogP contribution in [0.2, 0.25) is 0 Å². The molecule has 0 saturated carbocycles.